The van der Waals surface area contributed by atoms with Crippen molar-refractivity contribution >= 4 is 55.0 Å². The highest BCUT2D eigenvalue weighted by molar-refractivity contribution is 7.80. The van der Waals surface area contributed by atoms with Crippen LogP contribution in [0.4, 0.5) is 0 Å². The summed E-state index contributed by atoms with van der Waals surface area (Å²) < 4.78 is 23.5. The Hall–Kier alpha value is -1.79. The van der Waals surface area contributed by atoms with E-state index in [0.29, 0.717) is 22.3 Å². The molecule has 0 aliphatic rings. The van der Waals surface area contributed by atoms with Gasteiger partial charge < -0.3 is 17.0 Å². The lowest BCUT2D eigenvalue weighted by atomic mass is 10.3. The van der Waals surface area contributed by atoms with Crippen molar-refractivity contribution in [3.05, 3.63) is 36.4 Å². The largest absolute Gasteiger partial charge is 0.655 e. The molecule has 0 aliphatic carbocycles. The van der Waals surface area contributed by atoms with Gasteiger partial charge in [-0.3, -0.25) is 0 Å². The average molecular weight is 317 g/mol. The molecule has 0 amide bonds. The zero-order valence-corrected chi connectivity index (χ0v) is 13.1. The van der Waals surface area contributed by atoms with Crippen molar-refractivity contribution in [3.63, 3.8) is 0 Å². The van der Waals surface area contributed by atoms with E-state index in [4.69, 9.17) is 17.0 Å². The minimum Gasteiger partial charge on any atom is -0.655 e. The van der Waals surface area contributed by atoms with Gasteiger partial charge in [-0.2, -0.15) is 12.6 Å². The molecule has 0 bridgehead atoms. The molecule has 2 aromatic carbocycles. The lowest BCUT2D eigenvalue weighted by Crippen LogP contribution is -1.95. The molecule has 0 atom stereocenters. The van der Waals surface area contributed by atoms with E-state index in [0.717, 1.165) is 29.4 Å². The molecule has 6 heteroatoms. The normalized spacial score (nSPS) is 11.7. The van der Waals surface area contributed by atoms with Crippen molar-refractivity contribution in [2.75, 3.05) is 5.75 Å². The minimum atomic E-state index is -1.29. The Morgan fingerprint density at radius 2 is 1.38 bits per heavy atom. The van der Waals surface area contributed by atoms with E-state index in [-0.39, 0.29) is 0 Å². The van der Waals surface area contributed by atoms with Crippen LogP contribution in [0.1, 0.15) is 6.42 Å². The fourth-order valence-electron chi connectivity index (χ4n) is 2.29. The third-order valence-corrected chi connectivity index (χ3v) is 5.26. The van der Waals surface area contributed by atoms with Crippen molar-refractivity contribution in [2.45, 2.75) is 12.5 Å². The van der Waals surface area contributed by atoms with Crippen LogP contribution in [0.2, 0.25) is 0 Å². The topological polar surface area (TPSA) is 52.6 Å². The maximum atomic E-state index is 5.87. The number of hydrogen-bond acceptors (Lipinski definition) is 5. The average Bonchev–Trinajstić information content (AvgIpc) is 2.90. The van der Waals surface area contributed by atoms with E-state index in [2.05, 4.69) is 12.6 Å². The Morgan fingerprint density at radius 1 is 0.810 bits per heavy atom. The number of benzene rings is 2. The summed E-state index contributed by atoms with van der Waals surface area (Å²) in [6, 6.07) is 12.2. The second kappa shape index (κ2) is 5.20. The van der Waals surface area contributed by atoms with Gasteiger partial charge in [-0.05, 0) is 17.9 Å². The van der Waals surface area contributed by atoms with Gasteiger partial charge in [-0.1, -0.05) is 24.6 Å². The maximum Gasteiger partial charge on any atom is 0.173 e. The summed E-state index contributed by atoms with van der Waals surface area (Å²) in [6.45, 7) is 0. The zero-order chi connectivity index (χ0) is 14.2. The molecule has 2 aromatic heterocycles. The minimum absolute atomic E-state index is 0.661. The standard InChI is InChI=1S/C15H13O4SSi/c20-6-3-7-21-18-14-8-12-13(9-15(14)19-21)17-11-5-2-1-4-10(11)16-12/h1-2,4-5,8-9,20H,3,6-7H2/q-1. The molecule has 0 unspecified atom stereocenters. The monoisotopic (exact) mass is 317 g/mol. The number of fused-ring (bicyclic) bond motifs is 3. The SMILES string of the molecule is SCCC[si-]1oc2cc3oc4ccccc4oc3cc2o1. The van der Waals surface area contributed by atoms with E-state index in [9.17, 15) is 0 Å². The third kappa shape index (κ3) is 2.34. The van der Waals surface area contributed by atoms with Gasteiger partial charge in [0.15, 0.2) is 22.3 Å². The Balaban J connectivity index is 1.92. The lowest BCUT2D eigenvalue weighted by Gasteiger charge is -2.01. The second-order valence-electron chi connectivity index (χ2n) is 4.80. The van der Waals surface area contributed by atoms with E-state index in [1.165, 1.54) is 0 Å². The number of thiol groups is 1. The fourth-order valence-corrected chi connectivity index (χ4v) is 4.27. The smallest absolute Gasteiger partial charge is 0.173 e. The molecule has 4 nitrogen and oxygen atoms in total. The zero-order valence-electron chi connectivity index (χ0n) is 11.2. The molecule has 4 aromatic rings. The Kier molecular flexibility index (Phi) is 3.20. The second-order valence-corrected chi connectivity index (χ2v) is 6.90. The van der Waals surface area contributed by atoms with E-state index in [1.54, 1.807) is 0 Å². The Labute approximate surface area is 127 Å². The Bertz CT molecular complexity index is 878. The Morgan fingerprint density at radius 3 is 1.90 bits per heavy atom. The van der Waals surface area contributed by atoms with Gasteiger partial charge >= 0.3 is 0 Å². The van der Waals surface area contributed by atoms with Crippen LogP contribution >= 0.6 is 12.6 Å². The number of hydrogen-bond donors (Lipinski definition) is 1. The molecule has 0 radical (unpaired) electrons. The molecule has 108 valence electrons. The van der Waals surface area contributed by atoms with Gasteiger partial charge in [0.25, 0.3) is 0 Å². The van der Waals surface area contributed by atoms with Crippen molar-refractivity contribution in [2.24, 2.45) is 0 Å². The first-order chi connectivity index (χ1) is 10.3. The first-order valence-corrected chi connectivity index (χ1v) is 8.94. The van der Waals surface area contributed by atoms with E-state index < -0.39 is 8.91 Å². The van der Waals surface area contributed by atoms with Crippen LogP contribution in [0.5, 0.6) is 0 Å². The summed E-state index contributed by atoms with van der Waals surface area (Å²) >= 11 is 4.22. The van der Waals surface area contributed by atoms with Crippen LogP contribution in [0.25, 0.3) is 33.5 Å². The third-order valence-electron chi connectivity index (χ3n) is 3.29. The van der Waals surface area contributed by atoms with Crippen molar-refractivity contribution < 1.29 is 17.0 Å². The van der Waals surface area contributed by atoms with Gasteiger partial charge in [0.1, 0.15) is 20.1 Å². The highest BCUT2D eigenvalue weighted by Crippen LogP contribution is 2.27. The highest BCUT2D eigenvalue weighted by atomic mass is 32.1. The number of aryl methyl sites for hydroxylation is 1. The molecule has 21 heavy (non-hydrogen) atoms. The number of rotatable bonds is 3. The van der Waals surface area contributed by atoms with Crippen LogP contribution in [-0.2, 0) is 6.04 Å². The molecular weight excluding hydrogens is 304 g/mol. The number of para-hydroxylation sites is 2. The van der Waals surface area contributed by atoms with Crippen LogP contribution in [-0.4, -0.2) is 14.7 Å². The molecular formula is C15H13O4SSi-. The van der Waals surface area contributed by atoms with Crippen molar-refractivity contribution in [1.82, 2.24) is 0 Å². The summed E-state index contributed by atoms with van der Waals surface area (Å²) in [5, 5.41) is 0. The van der Waals surface area contributed by atoms with Gasteiger partial charge in [0, 0.05) is 12.1 Å². The summed E-state index contributed by atoms with van der Waals surface area (Å²) in [5.41, 5.74) is 4.23. The maximum absolute atomic E-state index is 5.87. The van der Waals surface area contributed by atoms with Crippen molar-refractivity contribution in [1.29, 1.82) is 0 Å². The summed E-state index contributed by atoms with van der Waals surface area (Å²) in [7, 11) is -1.29. The van der Waals surface area contributed by atoms with Crippen LogP contribution in [0.3, 0.4) is 0 Å². The molecule has 4 rings (SSSR count). The van der Waals surface area contributed by atoms with Gasteiger partial charge in [-0.15, -0.1) is 0 Å². The van der Waals surface area contributed by atoms with Gasteiger partial charge in [0.2, 0.25) is 0 Å². The predicted molar refractivity (Wildman–Crippen MR) is 85.7 cm³/mol. The fraction of sp³-hybridized carbons (Fsp3) is 0.200. The van der Waals surface area contributed by atoms with Crippen LogP contribution < -0.4 is 0 Å². The van der Waals surface area contributed by atoms with E-state index in [1.807, 2.05) is 36.4 Å². The molecule has 0 fully saturated rings. The van der Waals surface area contributed by atoms with Gasteiger partial charge in [-0.25, -0.2) is 0 Å². The molecule has 0 saturated carbocycles. The highest BCUT2D eigenvalue weighted by Gasteiger charge is 2.07. The van der Waals surface area contributed by atoms with Crippen LogP contribution in [0, 0.1) is 0 Å². The summed E-state index contributed by atoms with van der Waals surface area (Å²) in [6.07, 6.45) is 0.990. The summed E-state index contributed by atoms with van der Waals surface area (Å²) in [4.78, 5) is 0. The predicted octanol–water partition coefficient (Wildman–Crippen LogP) is 4.71. The molecule has 0 saturated heterocycles. The molecule has 0 aliphatic heterocycles. The van der Waals surface area contributed by atoms with Crippen LogP contribution in [0.15, 0.2) is 53.4 Å². The lowest BCUT2D eigenvalue weighted by molar-refractivity contribution is 0.581. The van der Waals surface area contributed by atoms with Crippen molar-refractivity contribution in [3.8, 4) is 0 Å². The quantitative estimate of drug-likeness (QED) is 0.338. The van der Waals surface area contributed by atoms with E-state index >= 15 is 0 Å². The molecule has 2 heterocycles. The molecule has 0 spiro atoms. The summed E-state index contributed by atoms with van der Waals surface area (Å²) in [5.74, 6) is 0.843. The first-order valence-electron chi connectivity index (χ1n) is 6.78. The first kappa shape index (κ1) is 12.9. The molecule has 0 N–H and O–H groups in total. The van der Waals surface area contributed by atoms with Gasteiger partial charge in [0.05, 0.1) is 0 Å².